The van der Waals surface area contributed by atoms with Crippen LogP contribution in [0.3, 0.4) is 0 Å². The maximum Gasteiger partial charge on any atom is 0.239 e. The molecule has 4 nitrogen and oxygen atoms in total. The minimum absolute atomic E-state index is 0.216. The van der Waals surface area contributed by atoms with Gasteiger partial charge in [0.05, 0.1) is 0 Å². The number of nitrogens with zero attached hydrogens (tertiary/aromatic N) is 1. The fourth-order valence-electron chi connectivity index (χ4n) is 2.17. The lowest BCUT2D eigenvalue weighted by Crippen LogP contribution is -2.47. The number of anilines is 1. The molecule has 1 saturated heterocycles. The van der Waals surface area contributed by atoms with Gasteiger partial charge in [-0.3, -0.25) is 9.59 Å². The Balaban J connectivity index is 2.21. The molecule has 0 radical (unpaired) electrons. The fourth-order valence-corrected chi connectivity index (χ4v) is 2.17. The Morgan fingerprint density at radius 3 is 2.67 bits per heavy atom. The molecule has 1 unspecified atom stereocenters. The molecule has 0 aromatic heterocycles. The molecule has 2 rings (SSSR count). The molecule has 0 saturated carbocycles. The van der Waals surface area contributed by atoms with Gasteiger partial charge in [0.25, 0.3) is 0 Å². The van der Waals surface area contributed by atoms with E-state index in [1.54, 1.807) is 17.0 Å². The van der Waals surface area contributed by atoms with Crippen LogP contribution in [-0.4, -0.2) is 25.4 Å². The number of carbonyl (C=O) groups is 2. The van der Waals surface area contributed by atoms with Crippen molar-refractivity contribution in [3.8, 4) is 0 Å². The average Bonchev–Trinajstić information content (AvgIpc) is 2.39. The van der Waals surface area contributed by atoms with Crippen molar-refractivity contribution < 1.29 is 14.0 Å². The van der Waals surface area contributed by atoms with Crippen LogP contribution in [0.2, 0.25) is 0 Å². The monoisotopic (exact) mass is 250 g/mol. The zero-order valence-electron chi connectivity index (χ0n) is 10.1. The highest BCUT2D eigenvalue weighted by Crippen LogP contribution is 2.24. The molecule has 5 heteroatoms. The first-order valence-electron chi connectivity index (χ1n) is 5.92. The summed E-state index contributed by atoms with van der Waals surface area (Å²) < 4.78 is 12.8. The maximum atomic E-state index is 12.8. The lowest BCUT2D eigenvalue weighted by Gasteiger charge is -2.31. The Labute approximate surface area is 105 Å². The fraction of sp³-hybridized carbons (Fsp3) is 0.385. The normalized spacial score (nSPS) is 19.8. The molecular weight excluding hydrogens is 235 g/mol. The van der Waals surface area contributed by atoms with E-state index in [4.69, 9.17) is 0 Å². The molecule has 1 heterocycles. The Hall–Kier alpha value is -1.91. The van der Waals surface area contributed by atoms with Gasteiger partial charge in [-0.2, -0.15) is 0 Å². The van der Waals surface area contributed by atoms with Crippen LogP contribution < -0.4 is 10.2 Å². The van der Waals surface area contributed by atoms with Gasteiger partial charge in [-0.05, 0) is 37.1 Å². The number of halogens is 1. The number of hydrogen-bond donors (Lipinski definition) is 1. The van der Waals surface area contributed by atoms with Crippen LogP contribution >= 0.6 is 0 Å². The Morgan fingerprint density at radius 2 is 2.06 bits per heavy atom. The third-order valence-electron chi connectivity index (χ3n) is 3.14. The van der Waals surface area contributed by atoms with Gasteiger partial charge in [0.1, 0.15) is 11.7 Å². The highest BCUT2D eigenvalue weighted by molar-refractivity contribution is 6.08. The molecule has 96 valence electrons. The minimum Gasteiger partial charge on any atom is -0.358 e. The predicted molar refractivity (Wildman–Crippen MR) is 65.5 cm³/mol. The maximum absolute atomic E-state index is 12.8. The Morgan fingerprint density at radius 1 is 1.39 bits per heavy atom. The topological polar surface area (TPSA) is 49.4 Å². The van der Waals surface area contributed by atoms with Crippen molar-refractivity contribution in [2.75, 3.05) is 18.5 Å². The summed E-state index contributed by atoms with van der Waals surface area (Å²) in [7, 11) is 1.52. The molecule has 0 spiro atoms. The minimum atomic E-state index is -0.631. The Kier molecular flexibility index (Phi) is 3.60. The van der Waals surface area contributed by atoms with E-state index in [0.29, 0.717) is 18.7 Å². The third-order valence-corrected chi connectivity index (χ3v) is 3.14. The molecule has 2 amide bonds. The molecule has 1 aliphatic heterocycles. The van der Waals surface area contributed by atoms with Crippen LogP contribution in [-0.2, 0) is 9.59 Å². The van der Waals surface area contributed by atoms with Crippen LogP contribution in [0.1, 0.15) is 12.8 Å². The van der Waals surface area contributed by atoms with Gasteiger partial charge in [-0.15, -0.1) is 0 Å². The van der Waals surface area contributed by atoms with Crippen molar-refractivity contribution in [1.29, 1.82) is 0 Å². The van der Waals surface area contributed by atoms with E-state index in [2.05, 4.69) is 5.32 Å². The van der Waals surface area contributed by atoms with Crippen LogP contribution in [0.15, 0.2) is 24.3 Å². The van der Waals surface area contributed by atoms with E-state index >= 15 is 0 Å². The molecule has 0 aliphatic carbocycles. The van der Waals surface area contributed by atoms with Crippen molar-refractivity contribution >= 4 is 17.5 Å². The van der Waals surface area contributed by atoms with Crippen LogP contribution in [0.4, 0.5) is 10.1 Å². The van der Waals surface area contributed by atoms with Gasteiger partial charge in [-0.25, -0.2) is 4.39 Å². The van der Waals surface area contributed by atoms with Crippen molar-refractivity contribution in [2.24, 2.45) is 5.92 Å². The standard InChI is InChI=1S/C13H15FN2O2/c1-15-12(17)11-3-2-8-16(13(11)18)10-6-4-9(14)5-7-10/h4-7,11H,2-3,8H2,1H3,(H,15,17). The second-order valence-electron chi connectivity index (χ2n) is 4.28. The lowest BCUT2D eigenvalue weighted by molar-refractivity contribution is -0.134. The van der Waals surface area contributed by atoms with E-state index in [0.717, 1.165) is 6.42 Å². The smallest absolute Gasteiger partial charge is 0.239 e. The Bertz CT molecular complexity index is 459. The quantitative estimate of drug-likeness (QED) is 0.805. The summed E-state index contributed by atoms with van der Waals surface area (Å²) in [6.45, 7) is 0.567. The summed E-state index contributed by atoms with van der Waals surface area (Å²) in [4.78, 5) is 25.3. The molecule has 1 fully saturated rings. The van der Waals surface area contributed by atoms with Gasteiger partial charge < -0.3 is 10.2 Å². The number of amides is 2. The second-order valence-corrected chi connectivity index (χ2v) is 4.28. The summed E-state index contributed by atoms with van der Waals surface area (Å²) in [6.07, 6.45) is 1.33. The molecule has 1 N–H and O–H groups in total. The molecule has 0 bridgehead atoms. The summed E-state index contributed by atoms with van der Waals surface area (Å²) in [5, 5.41) is 2.50. The van der Waals surface area contributed by atoms with Crippen LogP contribution in [0.5, 0.6) is 0 Å². The summed E-state index contributed by atoms with van der Waals surface area (Å²) in [6, 6.07) is 5.73. The number of rotatable bonds is 2. The molecule has 1 atom stereocenters. The zero-order valence-corrected chi connectivity index (χ0v) is 10.1. The number of nitrogens with one attached hydrogen (secondary N) is 1. The van der Waals surface area contributed by atoms with Gasteiger partial charge in [0, 0.05) is 19.3 Å². The second kappa shape index (κ2) is 5.16. The van der Waals surface area contributed by atoms with Gasteiger partial charge in [-0.1, -0.05) is 0 Å². The summed E-state index contributed by atoms with van der Waals surface area (Å²) >= 11 is 0. The van der Waals surface area contributed by atoms with Gasteiger partial charge in [0.15, 0.2) is 0 Å². The first kappa shape index (κ1) is 12.5. The number of benzene rings is 1. The first-order valence-corrected chi connectivity index (χ1v) is 5.92. The third kappa shape index (κ3) is 2.34. The van der Waals surface area contributed by atoms with Gasteiger partial charge >= 0.3 is 0 Å². The molecule has 1 aromatic carbocycles. The lowest BCUT2D eigenvalue weighted by atomic mass is 9.95. The van der Waals surface area contributed by atoms with Crippen molar-refractivity contribution in [3.05, 3.63) is 30.1 Å². The van der Waals surface area contributed by atoms with Crippen molar-refractivity contribution in [2.45, 2.75) is 12.8 Å². The molecule has 1 aromatic rings. The SMILES string of the molecule is CNC(=O)C1CCCN(c2ccc(F)cc2)C1=O. The number of piperidine rings is 1. The van der Waals surface area contributed by atoms with Crippen molar-refractivity contribution in [1.82, 2.24) is 5.32 Å². The van der Waals surface area contributed by atoms with E-state index < -0.39 is 5.92 Å². The number of carbonyl (C=O) groups excluding carboxylic acids is 2. The summed E-state index contributed by atoms with van der Waals surface area (Å²) in [5.74, 6) is -1.45. The summed E-state index contributed by atoms with van der Waals surface area (Å²) in [5.41, 5.74) is 0.634. The van der Waals surface area contributed by atoms with Gasteiger partial charge in [0.2, 0.25) is 11.8 Å². The van der Waals surface area contributed by atoms with Crippen LogP contribution in [0, 0.1) is 11.7 Å². The van der Waals surface area contributed by atoms with E-state index in [1.165, 1.54) is 19.2 Å². The number of hydrogen-bond acceptors (Lipinski definition) is 2. The van der Waals surface area contributed by atoms with E-state index in [1.807, 2.05) is 0 Å². The zero-order chi connectivity index (χ0) is 13.1. The first-order chi connectivity index (χ1) is 8.63. The molecule has 18 heavy (non-hydrogen) atoms. The van der Waals surface area contributed by atoms with Crippen molar-refractivity contribution in [3.63, 3.8) is 0 Å². The largest absolute Gasteiger partial charge is 0.358 e. The predicted octanol–water partition coefficient (Wildman–Crippen LogP) is 1.31. The van der Waals surface area contributed by atoms with Crippen LogP contribution in [0.25, 0.3) is 0 Å². The molecular formula is C13H15FN2O2. The highest BCUT2D eigenvalue weighted by atomic mass is 19.1. The molecule has 1 aliphatic rings. The van der Waals surface area contributed by atoms with E-state index in [-0.39, 0.29) is 17.6 Å². The highest BCUT2D eigenvalue weighted by Gasteiger charge is 2.34. The average molecular weight is 250 g/mol. The van der Waals surface area contributed by atoms with E-state index in [9.17, 15) is 14.0 Å².